The molecule has 0 radical (unpaired) electrons. The van der Waals surface area contributed by atoms with Crippen LogP contribution in [-0.2, 0) is 11.9 Å². The van der Waals surface area contributed by atoms with E-state index in [9.17, 15) is 17.6 Å². The molecule has 0 fully saturated rings. The van der Waals surface area contributed by atoms with Gasteiger partial charge >= 0.3 is 5.51 Å². The smallest absolute Gasteiger partial charge is 0.405 e. The fourth-order valence-electron chi connectivity index (χ4n) is 1.87. The summed E-state index contributed by atoms with van der Waals surface area (Å²) in [5, 5.41) is 0.496. The lowest BCUT2D eigenvalue weighted by Gasteiger charge is -1.99. The Labute approximate surface area is 126 Å². The second-order valence-electron chi connectivity index (χ2n) is 3.98. The van der Waals surface area contributed by atoms with Gasteiger partial charge < -0.3 is 12.6 Å². The molecule has 1 aromatic carbocycles. The second kappa shape index (κ2) is 7.50. The Morgan fingerprint density at radius 3 is 2.19 bits per heavy atom. The van der Waals surface area contributed by atoms with Crippen LogP contribution in [0.15, 0.2) is 24.3 Å². The molecule has 0 aliphatic carbocycles. The molecule has 0 N–H and O–H groups in total. The van der Waals surface area contributed by atoms with Gasteiger partial charge in [0.05, 0.1) is 10.5 Å². The lowest BCUT2D eigenvalue weighted by Crippen LogP contribution is -2.42. The average molecular weight is 391 g/mol. The third-order valence-corrected chi connectivity index (χ3v) is 4.60. The molecule has 1 aromatic heterocycles. The Bertz CT molecular complexity index is 595. The molecule has 1 heterocycles. The third kappa shape index (κ3) is 5.19. The van der Waals surface area contributed by atoms with Crippen LogP contribution >= 0.6 is 10.5 Å². The lowest BCUT2D eigenvalue weighted by molar-refractivity contribution is -1.73. The van der Waals surface area contributed by atoms with Crippen LogP contribution in [0.5, 0.6) is 0 Å². The molecule has 0 aliphatic heterocycles. The summed E-state index contributed by atoms with van der Waals surface area (Å²) in [7, 11) is -1.95. The van der Waals surface area contributed by atoms with Crippen LogP contribution in [0, 0.1) is 20.6 Å². The Kier molecular flexibility index (Phi) is 6.54. The minimum Gasteiger partial charge on any atom is -0.405 e. The Morgan fingerprint density at radius 2 is 1.71 bits per heavy atom. The summed E-state index contributed by atoms with van der Waals surface area (Å²) in [6.07, 6.45) is 1.06. The highest BCUT2D eigenvalue weighted by atomic mass is 80.0. The predicted molar refractivity (Wildman–Crippen MR) is 61.7 cm³/mol. The Morgan fingerprint density at radius 1 is 1.14 bits per heavy atom. The number of thiophene rings is 1. The zero-order valence-corrected chi connectivity index (χ0v) is 13.1. The second-order valence-corrected chi connectivity index (χ2v) is 6.82. The van der Waals surface area contributed by atoms with E-state index in [-0.39, 0.29) is 4.70 Å². The van der Waals surface area contributed by atoms with E-state index in [1.54, 1.807) is 6.07 Å². The first-order valence-electron chi connectivity index (χ1n) is 5.71. The van der Waals surface area contributed by atoms with Gasteiger partial charge in [0, 0.05) is 23.9 Å². The minimum absolute atomic E-state index is 0.0703. The first-order valence-corrected chi connectivity index (χ1v) is 8.87. The van der Waals surface area contributed by atoms with Gasteiger partial charge in [-0.1, -0.05) is 6.92 Å². The van der Waals surface area contributed by atoms with Crippen molar-refractivity contribution in [1.29, 1.82) is 0 Å². The number of aryl methyl sites for hydroxylation is 1. The number of hydrogen-bond acceptors (Lipinski definition) is 3. The van der Waals surface area contributed by atoms with Gasteiger partial charge in [-0.05, 0) is 18.6 Å². The molecule has 21 heavy (non-hydrogen) atoms. The highest BCUT2D eigenvalue weighted by molar-refractivity contribution is 7.38. The molecule has 3 nitrogen and oxygen atoms in total. The molecular weight excluding hydrogens is 380 g/mol. The van der Waals surface area contributed by atoms with Gasteiger partial charge in [-0.3, -0.25) is 0 Å². The molecule has 0 saturated heterocycles. The normalized spacial score (nSPS) is 12.5. The minimum atomic E-state index is -4.32. The number of halogens is 5. The van der Waals surface area contributed by atoms with E-state index in [0.717, 1.165) is 6.07 Å². The number of rotatable bonds is 2. The molecule has 118 valence electrons. The third-order valence-electron chi connectivity index (χ3n) is 2.50. The first kappa shape index (κ1) is 18.3. The van der Waals surface area contributed by atoms with E-state index < -0.39 is 36.6 Å². The van der Waals surface area contributed by atoms with Gasteiger partial charge in [0.2, 0.25) is 14.8 Å². The van der Waals surface area contributed by atoms with E-state index in [2.05, 4.69) is 0 Å². The molecule has 0 spiro atoms. The van der Waals surface area contributed by atoms with Gasteiger partial charge in [-0.25, -0.2) is 4.39 Å². The predicted octanol–water partition coefficient (Wildman–Crippen LogP) is 1.59. The van der Waals surface area contributed by atoms with E-state index in [0.29, 0.717) is 23.1 Å². The quantitative estimate of drug-likeness (QED) is 0.577. The molecule has 2 aromatic rings. The van der Waals surface area contributed by atoms with Crippen LogP contribution < -0.4 is 12.6 Å². The van der Waals surface area contributed by atoms with Crippen molar-refractivity contribution in [3.8, 4) is 0 Å². The van der Waals surface area contributed by atoms with Crippen LogP contribution in [0.3, 0.4) is 0 Å². The van der Waals surface area contributed by atoms with Crippen molar-refractivity contribution < 1.29 is 45.0 Å². The molecule has 2 rings (SSSR count). The van der Waals surface area contributed by atoms with Crippen LogP contribution in [0.2, 0.25) is 0 Å². The number of hydrogen-bond donors (Lipinski definition) is 0. The number of alkyl halides is 3. The highest BCUT2D eigenvalue weighted by Gasteiger charge is 2.47. The van der Waals surface area contributed by atoms with Gasteiger partial charge in [-0.2, -0.15) is 0 Å². The van der Waals surface area contributed by atoms with Crippen LogP contribution in [0.25, 0.3) is 10.1 Å². The van der Waals surface area contributed by atoms with Crippen molar-refractivity contribution in [3.63, 3.8) is 0 Å². The fraction of sp³-hybridized carbons (Fsp3) is 0.333. The Balaban J connectivity index is 0.000000491. The SMILES string of the molecule is CCCc1cc2ccc(F)cc2[s+]1C(F)(F)F.[O-][Br+2]([O-])[O-]. The molecule has 9 heteroatoms. The van der Waals surface area contributed by atoms with E-state index in [4.69, 9.17) is 12.6 Å². The van der Waals surface area contributed by atoms with Crippen LogP contribution in [0.1, 0.15) is 18.2 Å². The number of fused-ring (bicyclic) bond motifs is 1. The lowest BCUT2D eigenvalue weighted by atomic mass is 10.2. The zero-order valence-electron chi connectivity index (χ0n) is 10.7. The number of benzene rings is 1. The van der Waals surface area contributed by atoms with Crippen molar-refractivity contribution in [3.05, 3.63) is 35.0 Å². The van der Waals surface area contributed by atoms with E-state index in [1.807, 2.05) is 6.92 Å². The Hall–Kier alpha value is -0.740. The summed E-state index contributed by atoms with van der Waals surface area (Å²) in [5.41, 5.74) is -4.32. The summed E-state index contributed by atoms with van der Waals surface area (Å²) in [6, 6.07) is 5.17. The molecule has 1 atom stereocenters. The molecule has 1 unspecified atom stereocenters. The maximum atomic E-state index is 13.1. The van der Waals surface area contributed by atoms with Gasteiger partial charge in [-0.15, -0.1) is 13.2 Å². The average Bonchev–Trinajstić information content (AvgIpc) is 2.65. The van der Waals surface area contributed by atoms with Crippen molar-refractivity contribution >= 4 is 20.6 Å². The largest absolute Gasteiger partial charge is 0.600 e. The standard InChI is InChI=1S/C12H11F4S.BrO3/c1-2-3-10-6-8-4-5-9(13)7-11(8)17(10)12(14,15)16;2-1(3)4/h4-7H,2-3H2,1H3;/q+1;-1. The van der Waals surface area contributed by atoms with Gasteiger partial charge in [0.1, 0.15) is 5.82 Å². The van der Waals surface area contributed by atoms with Crippen molar-refractivity contribution in [2.24, 2.45) is 0 Å². The molecule has 0 aliphatic rings. The summed E-state index contributed by atoms with van der Waals surface area (Å²) in [6.45, 7) is 1.84. The van der Waals surface area contributed by atoms with Crippen molar-refractivity contribution in [2.75, 3.05) is 0 Å². The highest BCUT2D eigenvalue weighted by Crippen LogP contribution is 2.51. The summed E-state index contributed by atoms with van der Waals surface area (Å²) in [5.74, 6) is -0.614. The van der Waals surface area contributed by atoms with Crippen molar-refractivity contribution in [1.82, 2.24) is 0 Å². The molecule has 0 amide bonds. The fourth-order valence-corrected chi connectivity index (χ4v) is 3.95. The maximum Gasteiger partial charge on any atom is 0.600 e. The molecule has 0 saturated carbocycles. The first-order chi connectivity index (χ1) is 9.66. The van der Waals surface area contributed by atoms with Crippen LogP contribution in [-0.4, -0.2) is 0 Å². The van der Waals surface area contributed by atoms with Crippen molar-refractivity contribution in [2.45, 2.75) is 25.3 Å². The summed E-state index contributed by atoms with van der Waals surface area (Å²) in [4.78, 5) is 0.362. The van der Waals surface area contributed by atoms with E-state index >= 15 is 0 Å². The molecular formula is C12H11BrF4O3S. The topological polar surface area (TPSA) is 69.2 Å². The zero-order chi connectivity index (χ0) is 16.2. The molecule has 0 bridgehead atoms. The van der Waals surface area contributed by atoms with Gasteiger partial charge in [0.15, 0.2) is 9.58 Å². The van der Waals surface area contributed by atoms with Crippen LogP contribution in [0.4, 0.5) is 17.6 Å². The van der Waals surface area contributed by atoms with E-state index in [1.165, 1.54) is 12.1 Å². The summed E-state index contributed by atoms with van der Waals surface area (Å²) >= 11 is -3.65. The monoisotopic (exact) mass is 390 g/mol. The van der Waals surface area contributed by atoms with Gasteiger partial charge in [0.25, 0.3) is 0 Å². The maximum absolute atomic E-state index is 13.1. The summed E-state index contributed by atoms with van der Waals surface area (Å²) < 4.78 is 77.7.